The van der Waals surface area contributed by atoms with Crippen LogP contribution < -0.4 is 14.8 Å². The number of unbranched alkanes of at least 4 members (excludes halogenated alkanes) is 1. The van der Waals surface area contributed by atoms with Crippen molar-refractivity contribution in [1.82, 2.24) is 4.98 Å². The molecule has 0 amide bonds. The molecule has 0 saturated heterocycles. The zero-order chi connectivity index (χ0) is 23.0. The second-order valence-electron chi connectivity index (χ2n) is 6.93. The Kier molecular flexibility index (Phi) is 7.67. The van der Waals surface area contributed by atoms with E-state index in [4.69, 9.17) is 14.3 Å². The highest BCUT2D eigenvalue weighted by atomic mass is 32.2. The van der Waals surface area contributed by atoms with Crippen LogP contribution in [0.4, 0.5) is 11.4 Å². The average Bonchev–Trinajstić information content (AvgIpc) is 2.80. The van der Waals surface area contributed by atoms with Gasteiger partial charge in [0.1, 0.15) is 10.6 Å². The number of esters is 1. The van der Waals surface area contributed by atoms with Crippen molar-refractivity contribution < 1.29 is 18.5 Å². The quantitative estimate of drug-likeness (QED) is 0.283. The minimum atomic E-state index is -3.63. The second-order valence-corrected chi connectivity index (χ2v) is 8.69. The van der Waals surface area contributed by atoms with Crippen LogP contribution in [0.5, 0.6) is 11.5 Å². The zero-order valence-electron chi connectivity index (χ0n) is 18.0. The van der Waals surface area contributed by atoms with Crippen molar-refractivity contribution in [1.29, 1.82) is 4.78 Å². The van der Waals surface area contributed by atoms with Crippen LogP contribution in [0.15, 0.2) is 71.9 Å². The van der Waals surface area contributed by atoms with Crippen LogP contribution in [-0.2, 0) is 14.7 Å². The van der Waals surface area contributed by atoms with Crippen LogP contribution >= 0.6 is 0 Å². The van der Waals surface area contributed by atoms with E-state index in [0.717, 1.165) is 12.8 Å². The van der Waals surface area contributed by atoms with E-state index in [9.17, 15) is 9.00 Å². The number of pyridine rings is 1. The number of nitrogens with zero attached hydrogens (tertiary/aromatic N) is 1. The Bertz CT molecular complexity index is 1150. The molecule has 9 heteroatoms. The molecule has 0 radical (unpaired) electrons. The molecule has 0 fully saturated rings. The lowest BCUT2D eigenvalue weighted by Crippen LogP contribution is -2.16. The van der Waals surface area contributed by atoms with Crippen LogP contribution in [0.1, 0.15) is 30.1 Å². The predicted octanol–water partition coefficient (Wildman–Crippen LogP) is 5.31. The van der Waals surface area contributed by atoms with Crippen LogP contribution in [0.3, 0.4) is 0 Å². The van der Waals surface area contributed by atoms with Gasteiger partial charge in [-0.1, -0.05) is 31.5 Å². The molecule has 0 aliphatic rings. The van der Waals surface area contributed by atoms with E-state index >= 15 is 0 Å². The van der Waals surface area contributed by atoms with Gasteiger partial charge in [0, 0.05) is 18.9 Å². The summed E-state index contributed by atoms with van der Waals surface area (Å²) in [6, 6.07) is 15.2. The average molecular weight is 455 g/mol. The van der Waals surface area contributed by atoms with Crippen molar-refractivity contribution >= 4 is 27.3 Å². The fraction of sp³-hybridized carbons (Fsp3) is 0.217. The molecule has 8 nitrogen and oxygen atoms in total. The number of carbonyl (C=O) groups is 1. The molecule has 32 heavy (non-hydrogen) atoms. The number of hydrogen-bond donors (Lipinski definition) is 3. The maximum absolute atomic E-state index is 13.6. The first-order valence-electron chi connectivity index (χ1n) is 10.1. The molecule has 3 rings (SSSR count). The summed E-state index contributed by atoms with van der Waals surface area (Å²) in [5, 5.41) is 3.25. The summed E-state index contributed by atoms with van der Waals surface area (Å²) < 4.78 is 35.9. The number of nitrogens with one attached hydrogen (secondary N) is 3. The fourth-order valence-electron chi connectivity index (χ4n) is 2.94. The third kappa shape index (κ3) is 5.76. The van der Waals surface area contributed by atoms with Gasteiger partial charge < -0.3 is 14.8 Å². The highest BCUT2D eigenvalue weighted by Gasteiger charge is 2.24. The molecule has 1 heterocycles. The van der Waals surface area contributed by atoms with Gasteiger partial charge in [0.05, 0.1) is 24.0 Å². The summed E-state index contributed by atoms with van der Waals surface area (Å²) in [7, 11) is -2.36. The Labute approximate surface area is 188 Å². The van der Waals surface area contributed by atoms with Crippen molar-refractivity contribution in [2.45, 2.75) is 24.7 Å². The van der Waals surface area contributed by atoms with E-state index in [1.165, 1.54) is 25.6 Å². The Morgan fingerprint density at radius 2 is 1.84 bits per heavy atom. The summed E-state index contributed by atoms with van der Waals surface area (Å²) >= 11 is 0. The van der Waals surface area contributed by atoms with Crippen molar-refractivity contribution in [2.75, 3.05) is 23.7 Å². The second kappa shape index (κ2) is 10.6. The van der Waals surface area contributed by atoms with Crippen molar-refractivity contribution in [3.05, 3.63) is 72.6 Å². The predicted molar refractivity (Wildman–Crippen MR) is 125 cm³/mol. The lowest BCUT2D eigenvalue weighted by Gasteiger charge is -2.20. The molecule has 3 N–H and O–H groups in total. The van der Waals surface area contributed by atoms with Crippen LogP contribution in [0.2, 0.25) is 0 Å². The van der Waals surface area contributed by atoms with Gasteiger partial charge >= 0.3 is 5.97 Å². The number of para-hydroxylation sites is 1. The lowest BCUT2D eigenvalue weighted by atomic mass is 10.1. The fourth-order valence-corrected chi connectivity index (χ4v) is 4.22. The van der Waals surface area contributed by atoms with E-state index < -0.39 is 15.9 Å². The van der Waals surface area contributed by atoms with Gasteiger partial charge in [0.2, 0.25) is 0 Å². The molecule has 0 aliphatic heterocycles. The number of hydrogen-bond acceptors (Lipinski definition) is 7. The molecule has 0 bridgehead atoms. The third-order valence-corrected chi connectivity index (χ3v) is 5.98. The maximum atomic E-state index is 13.6. The van der Waals surface area contributed by atoms with Crippen molar-refractivity contribution in [2.24, 2.45) is 0 Å². The topological polar surface area (TPSA) is 113 Å². The summed E-state index contributed by atoms with van der Waals surface area (Å²) in [5.74, 6) is 0.119. The third-order valence-electron chi connectivity index (χ3n) is 4.54. The van der Waals surface area contributed by atoms with Gasteiger partial charge in [-0.25, -0.2) is 13.8 Å². The van der Waals surface area contributed by atoms with E-state index in [2.05, 4.69) is 21.9 Å². The van der Waals surface area contributed by atoms with Gasteiger partial charge in [-0.2, -0.15) is 0 Å². The number of carbonyl (C=O) groups excluding carboxylic acids is 1. The van der Waals surface area contributed by atoms with E-state index in [-0.39, 0.29) is 16.2 Å². The standard InChI is InChI=1S/C23H26N4O4S/c1-3-4-12-26-20-15-17(23(28)30-2)16-21(22(20)31-19-8-6-5-7-9-19)32(24,29)27-18-10-13-25-14-11-18/h5-11,13-16,26H,3-4,12H2,1-2H3,(H2,24,25,27,29). The minimum Gasteiger partial charge on any atom is -0.465 e. The van der Waals surface area contributed by atoms with Gasteiger partial charge in [-0.15, -0.1) is 0 Å². The first-order chi connectivity index (χ1) is 15.4. The molecular weight excluding hydrogens is 428 g/mol. The van der Waals surface area contributed by atoms with Gasteiger partial charge in [0.25, 0.3) is 0 Å². The Morgan fingerprint density at radius 3 is 2.50 bits per heavy atom. The minimum absolute atomic E-state index is 0.0278. The molecule has 1 atom stereocenters. The molecule has 1 aromatic heterocycles. The van der Waals surface area contributed by atoms with Crippen molar-refractivity contribution in [3.8, 4) is 11.5 Å². The SMILES string of the molecule is CCCCNc1cc(C(=O)OC)cc(S(=N)(=O)Nc2ccncc2)c1Oc1ccccc1. The number of anilines is 2. The molecule has 168 valence electrons. The molecule has 3 aromatic rings. The van der Waals surface area contributed by atoms with Crippen LogP contribution in [0, 0.1) is 4.78 Å². The molecule has 1 unspecified atom stereocenters. The zero-order valence-corrected chi connectivity index (χ0v) is 18.8. The molecule has 0 saturated carbocycles. The number of benzene rings is 2. The highest BCUT2D eigenvalue weighted by molar-refractivity contribution is 7.93. The summed E-state index contributed by atoms with van der Waals surface area (Å²) in [6.07, 6.45) is 4.90. The first kappa shape index (κ1) is 23.1. The Morgan fingerprint density at radius 1 is 1.12 bits per heavy atom. The van der Waals surface area contributed by atoms with Gasteiger partial charge in [-0.05, 0) is 42.8 Å². The monoisotopic (exact) mass is 454 g/mol. The molecular formula is C23H26N4O4S. The summed E-state index contributed by atoms with van der Waals surface area (Å²) in [5.41, 5.74) is 1.07. The molecule has 2 aromatic carbocycles. The van der Waals surface area contributed by atoms with Gasteiger partial charge in [-0.3, -0.25) is 9.71 Å². The number of rotatable bonds is 10. The Balaban J connectivity index is 2.15. The van der Waals surface area contributed by atoms with Crippen molar-refractivity contribution in [3.63, 3.8) is 0 Å². The van der Waals surface area contributed by atoms with E-state index in [1.54, 1.807) is 30.3 Å². The number of methoxy groups -OCH3 is 1. The highest BCUT2D eigenvalue weighted by Crippen LogP contribution is 2.38. The van der Waals surface area contributed by atoms with Crippen LogP contribution in [-0.4, -0.2) is 28.8 Å². The van der Waals surface area contributed by atoms with E-state index in [1.807, 2.05) is 18.2 Å². The Hall–Kier alpha value is -3.59. The largest absolute Gasteiger partial charge is 0.465 e. The van der Waals surface area contributed by atoms with Crippen LogP contribution in [0.25, 0.3) is 0 Å². The normalized spacial score (nSPS) is 12.4. The lowest BCUT2D eigenvalue weighted by molar-refractivity contribution is 0.0600. The summed E-state index contributed by atoms with van der Waals surface area (Å²) in [4.78, 5) is 16.3. The van der Waals surface area contributed by atoms with Gasteiger partial charge in [0.15, 0.2) is 15.7 Å². The molecule has 0 spiro atoms. The number of ether oxygens (including phenoxy) is 2. The molecule has 0 aliphatic carbocycles. The summed E-state index contributed by atoms with van der Waals surface area (Å²) in [6.45, 7) is 2.68. The number of aromatic nitrogens is 1. The van der Waals surface area contributed by atoms with E-state index in [0.29, 0.717) is 23.7 Å². The first-order valence-corrected chi connectivity index (χ1v) is 11.7. The smallest absolute Gasteiger partial charge is 0.337 e. The maximum Gasteiger partial charge on any atom is 0.337 e.